The van der Waals surface area contributed by atoms with Crippen LogP contribution >= 0.6 is 0 Å². The Balaban J connectivity index is 3.49. The van der Waals surface area contributed by atoms with Gasteiger partial charge in [-0.1, -0.05) is 18.2 Å². The second-order valence-corrected chi connectivity index (χ2v) is 8.81. The summed E-state index contributed by atoms with van der Waals surface area (Å²) in [5.74, 6) is 0. The molecule has 1 atom stereocenters. The molecule has 1 aromatic carbocycles. The molecule has 0 aliphatic carbocycles. The fraction of sp³-hybridized carbons (Fsp3) is 0.250. The number of halogens is 6. The lowest BCUT2D eigenvalue weighted by atomic mass is 10.4. The SMILES string of the molecule is O=S(=O)(/N=S(/NS(=O)(=O)C(F)(F)F)c1ccccc1)C(F)(F)F. The summed E-state index contributed by atoms with van der Waals surface area (Å²) in [6.07, 6.45) is 0. The molecule has 0 aromatic heterocycles. The van der Waals surface area contributed by atoms with Crippen molar-refractivity contribution in [1.29, 1.82) is 0 Å². The van der Waals surface area contributed by atoms with E-state index < -0.39 is 46.8 Å². The largest absolute Gasteiger partial charge is 0.519 e. The molecule has 1 N–H and O–H groups in total. The van der Waals surface area contributed by atoms with Crippen LogP contribution < -0.4 is 4.13 Å². The second kappa shape index (κ2) is 6.37. The van der Waals surface area contributed by atoms with Gasteiger partial charge in [-0.2, -0.15) is 34.8 Å². The minimum absolute atomic E-state index is 0.506. The Labute approximate surface area is 128 Å². The Bertz CT molecular complexity index is 798. The van der Waals surface area contributed by atoms with Gasteiger partial charge < -0.3 is 0 Å². The molecule has 15 heteroatoms. The van der Waals surface area contributed by atoms with Gasteiger partial charge in [0, 0.05) is 15.8 Å². The first-order valence-corrected chi connectivity index (χ1v) is 9.20. The highest BCUT2D eigenvalue weighted by Crippen LogP contribution is 2.28. The molecule has 0 saturated heterocycles. The van der Waals surface area contributed by atoms with Crippen LogP contribution in [0, 0.1) is 0 Å². The number of hydrogen-bond acceptors (Lipinski definition) is 4. The van der Waals surface area contributed by atoms with E-state index in [-0.39, 0.29) is 0 Å². The number of nitrogens with one attached hydrogen (secondary N) is 1. The zero-order valence-corrected chi connectivity index (χ0v) is 12.9. The lowest BCUT2D eigenvalue weighted by molar-refractivity contribution is -0.0442. The standard InChI is InChI=1S/C8H6F6N2O4S3/c9-7(10,11)22(17,18)15-21(6-4-2-1-3-5-6)16-23(19,20)8(12,13)14/h1-5H,(H,15,16). The maximum Gasteiger partial charge on any atom is 0.519 e. The lowest BCUT2D eigenvalue weighted by Crippen LogP contribution is -2.38. The third kappa shape index (κ3) is 4.89. The van der Waals surface area contributed by atoms with Gasteiger partial charge in [0.1, 0.15) is 0 Å². The van der Waals surface area contributed by atoms with Crippen LogP contribution in [0.2, 0.25) is 0 Å². The number of sulfonamides is 2. The Morgan fingerprint density at radius 1 is 0.870 bits per heavy atom. The Morgan fingerprint density at radius 3 is 1.74 bits per heavy atom. The fourth-order valence-electron chi connectivity index (χ4n) is 0.947. The first-order valence-electron chi connectivity index (χ1n) is 5.10. The van der Waals surface area contributed by atoms with E-state index in [4.69, 9.17) is 0 Å². The molecule has 0 aliphatic heterocycles. The predicted octanol–water partition coefficient (Wildman–Crippen LogP) is 2.05. The molecule has 0 radical (unpaired) electrons. The van der Waals surface area contributed by atoms with Gasteiger partial charge >= 0.3 is 31.1 Å². The van der Waals surface area contributed by atoms with Crippen LogP contribution in [0.15, 0.2) is 39.0 Å². The van der Waals surface area contributed by atoms with E-state index >= 15 is 0 Å². The van der Waals surface area contributed by atoms with Crippen LogP contribution in [0.3, 0.4) is 0 Å². The molecule has 23 heavy (non-hydrogen) atoms. The number of alkyl halides is 6. The van der Waals surface area contributed by atoms with Gasteiger partial charge in [0.2, 0.25) is 0 Å². The average Bonchev–Trinajstić information content (AvgIpc) is 2.35. The minimum Gasteiger partial charge on any atom is -0.202 e. The van der Waals surface area contributed by atoms with Crippen LogP contribution in [0.1, 0.15) is 0 Å². The molecule has 132 valence electrons. The van der Waals surface area contributed by atoms with E-state index in [1.54, 1.807) is 0 Å². The minimum atomic E-state index is -6.22. The zero-order valence-electron chi connectivity index (χ0n) is 10.5. The number of benzene rings is 1. The van der Waals surface area contributed by atoms with Crippen molar-refractivity contribution in [2.75, 3.05) is 0 Å². The molecule has 6 nitrogen and oxygen atoms in total. The molecule has 0 amide bonds. The zero-order chi connectivity index (χ0) is 18.1. The van der Waals surface area contributed by atoms with Crippen molar-refractivity contribution in [3.8, 4) is 0 Å². The van der Waals surface area contributed by atoms with E-state index in [2.05, 4.69) is 3.77 Å². The molecule has 0 spiro atoms. The van der Waals surface area contributed by atoms with Crippen LogP contribution in [0.5, 0.6) is 0 Å². The van der Waals surface area contributed by atoms with Crippen molar-refractivity contribution in [2.24, 2.45) is 3.77 Å². The summed E-state index contributed by atoms with van der Waals surface area (Å²) in [5, 5.41) is 0. The smallest absolute Gasteiger partial charge is 0.202 e. The van der Waals surface area contributed by atoms with Gasteiger partial charge in [-0.25, -0.2) is 8.42 Å². The molecule has 0 fully saturated rings. The molecule has 0 saturated carbocycles. The van der Waals surface area contributed by atoms with Crippen molar-refractivity contribution in [3.63, 3.8) is 0 Å². The van der Waals surface area contributed by atoms with Crippen LogP contribution in [-0.2, 0) is 30.9 Å². The molecular formula is C8H6F6N2O4S3. The monoisotopic (exact) mass is 404 g/mol. The first-order chi connectivity index (χ1) is 10.2. The van der Waals surface area contributed by atoms with Crippen molar-refractivity contribution < 1.29 is 43.2 Å². The van der Waals surface area contributed by atoms with Crippen molar-refractivity contribution in [1.82, 2.24) is 4.13 Å². The quantitative estimate of drug-likeness (QED) is 0.778. The summed E-state index contributed by atoms with van der Waals surface area (Å²) in [5.41, 5.74) is -11.7. The van der Waals surface area contributed by atoms with Gasteiger partial charge in [-0.3, -0.25) is 0 Å². The van der Waals surface area contributed by atoms with E-state index in [0.29, 0.717) is 0 Å². The highest BCUT2D eigenvalue weighted by atomic mass is 32.3. The molecular weight excluding hydrogens is 398 g/mol. The molecule has 0 heterocycles. The topological polar surface area (TPSA) is 92.7 Å². The van der Waals surface area contributed by atoms with Crippen molar-refractivity contribution in [3.05, 3.63) is 30.3 Å². The van der Waals surface area contributed by atoms with E-state index in [1.165, 1.54) is 6.07 Å². The maximum absolute atomic E-state index is 12.3. The summed E-state index contributed by atoms with van der Waals surface area (Å²) in [6, 6.07) is 5.44. The first kappa shape index (κ1) is 19.9. The lowest BCUT2D eigenvalue weighted by Gasteiger charge is -2.13. The van der Waals surface area contributed by atoms with Gasteiger partial charge in [-0.15, -0.1) is 7.90 Å². The summed E-state index contributed by atoms with van der Waals surface area (Å²) in [4.78, 5) is -0.506. The van der Waals surface area contributed by atoms with Crippen LogP contribution in [-0.4, -0.2) is 27.9 Å². The van der Waals surface area contributed by atoms with Gasteiger partial charge in [-0.05, 0) is 12.1 Å². The highest BCUT2D eigenvalue weighted by Gasteiger charge is 2.49. The van der Waals surface area contributed by atoms with Crippen molar-refractivity contribution >= 4 is 30.9 Å². The maximum atomic E-state index is 12.3. The third-order valence-electron chi connectivity index (χ3n) is 1.92. The summed E-state index contributed by atoms with van der Waals surface area (Å²) in [7, 11) is -15.3. The third-order valence-corrected chi connectivity index (χ3v) is 6.73. The molecule has 0 aliphatic rings. The van der Waals surface area contributed by atoms with E-state index in [0.717, 1.165) is 28.4 Å². The molecule has 1 rings (SSSR count). The highest BCUT2D eigenvalue weighted by molar-refractivity contribution is 8.07. The second-order valence-electron chi connectivity index (χ2n) is 3.63. The van der Waals surface area contributed by atoms with Gasteiger partial charge in [0.15, 0.2) is 0 Å². The van der Waals surface area contributed by atoms with E-state index in [1.807, 2.05) is 0 Å². The average molecular weight is 404 g/mol. The normalized spacial score (nSPS) is 15.6. The number of nitrogens with zero attached hydrogens (tertiary/aromatic N) is 1. The summed E-state index contributed by atoms with van der Waals surface area (Å²) >= 11 is 0. The Morgan fingerprint density at radius 2 is 1.35 bits per heavy atom. The summed E-state index contributed by atoms with van der Waals surface area (Å²) < 4.78 is 121. The van der Waals surface area contributed by atoms with E-state index in [9.17, 15) is 43.2 Å². The van der Waals surface area contributed by atoms with Crippen LogP contribution in [0.4, 0.5) is 26.3 Å². The number of rotatable bonds is 4. The summed E-state index contributed by atoms with van der Waals surface area (Å²) in [6.45, 7) is 0. The Kier molecular flexibility index (Phi) is 5.50. The molecule has 1 aromatic rings. The Hall–Kier alpha value is -1.19. The van der Waals surface area contributed by atoms with Gasteiger partial charge in [0.25, 0.3) is 0 Å². The molecule has 0 bridgehead atoms. The number of hydrogen-bond donors (Lipinski definition) is 1. The molecule has 1 unspecified atom stereocenters. The van der Waals surface area contributed by atoms with Gasteiger partial charge in [0.05, 0.1) is 0 Å². The predicted molar refractivity (Wildman–Crippen MR) is 67.6 cm³/mol. The van der Waals surface area contributed by atoms with Crippen LogP contribution in [0.25, 0.3) is 0 Å². The fourth-order valence-corrected chi connectivity index (χ4v) is 4.82. The van der Waals surface area contributed by atoms with Crippen molar-refractivity contribution in [2.45, 2.75) is 15.9 Å².